The van der Waals surface area contributed by atoms with E-state index in [4.69, 9.17) is 9.47 Å². The van der Waals surface area contributed by atoms with Gasteiger partial charge in [0.15, 0.2) is 0 Å². The van der Waals surface area contributed by atoms with E-state index in [2.05, 4.69) is 5.32 Å². The number of carbonyl (C=O) groups excluding carboxylic acids is 1. The van der Waals surface area contributed by atoms with E-state index < -0.39 is 6.04 Å². The van der Waals surface area contributed by atoms with Crippen LogP contribution >= 0.6 is 11.8 Å². The summed E-state index contributed by atoms with van der Waals surface area (Å²) >= 11 is 1.67. The van der Waals surface area contributed by atoms with Crippen molar-refractivity contribution >= 4 is 17.7 Å². The molecule has 0 spiro atoms. The summed E-state index contributed by atoms with van der Waals surface area (Å²) in [6.07, 6.45) is 2.02. The number of carbonyl (C=O) groups is 1. The summed E-state index contributed by atoms with van der Waals surface area (Å²) in [6, 6.07) is 7.42. The summed E-state index contributed by atoms with van der Waals surface area (Å²) in [5, 5.41) is 3.12. The maximum atomic E-state index is 11.7. The molecule has 18 heavy (non-hydrogen) atoms. The lowest BCUT2D eigenvalue weighted by Gasteiger charge is -2.16. The molecule has 0 amide bonds. The minimum atomic E-state index is -0.443. The molecular weight excluding hydrogens is 250 g/mol. The van der Waals surface area contributed by atoms with Gasteiger partial charge in [0.05, 0.1) is 13.7 Å². The first-order valence-electron chi connectivity index (χ1n) is 5.67. The van der Waals surface area contributed by atoms with Gasteiger partial charge in [0.2, 0.25) is 0 Å². The maximum Gasteiger partial charge on any atom is 0.327 e. The van der Waals surface area contributed by atoms with Crippen LogP contribution in [0.2, 0.25) is 0 Å². The lowest BCUT2D eigenvalue weighted by molar-refractivity contribution is -0.143. The first-order valence-corrected chi connectivity index (χ1v) is 6.89. The average Bonchev–Trinajstić information content (AvgIpc) is 2.43. The zero-order chi connectivity index (χ0) is 13.4. The number of methoxy groups -OCH3 is 2. The van der Waals surface area contributed by atoms with Crippen LogP contribution in [0.3, 0.4) is 0 Å². The van der Waals surface area contributed by atoms with Gasteiger partial charge in [-0.3, -0.25) is 5.32 Å². The fourth-order valence-corrected chi connectivity index (χ4v) is 1.97. The molecule has 0 saturated carbocycles. The van der Waals surface area contributed by atoms with Crippen molar-refractivity contribution < 1.29 is 14.3 Å². The molecule has 1 N–H and O–H groups in total. The maximum absolute atomic E-state index is 11.7. The van der Waals surface area contributed by atoms with E-state index in [1.54, 1.807) is 18.9 Å². The van der Waals surface area contributed by atoms with Crippen molar-refractivity contribution in [3.63, 3.8) is 0 Å². The predicted molar refractivity (Wildman–Crippen MR) is 72.9 cm³/mol. The molecule has 1 atom stereocenters. The van der Waals surface area contributed by atoms with Crippen LogP contribution in [0.4, 0.5) is 0 Å². The van der Waals surface area contributed by atoms with Crippen molar-refractivity contribution in [2.24, 2.45) is 0 Å². The summed E-state index contributed by atoms with van der Waals surface area (Å²) in [5.74, 6) is -0.289. The van der Waals surface area contributed by atoms with Gasteiger partial charge in [0, 0.05) is 18.6 Å². The highest BCUT2D eigenvalue weighted by Crippen LogP contribution is 2.19. The summed E-state index contributed by atoms with van der Waals surface area (Å²) in [7, 11) is 3.02. The van der Waals surface area contributed by atoms with Crippen LogP contribution in [0.1, 0.15) is 11.6 Å². The number of esters is 1. The number of hydrogen-bond donors (Lipinski definition) is 1. The molecule has 1 rings (SSSR count). The molecule has 1 unspecified atom stereocenters. The van der Waals surface area contributed by atoms with Gasteiger partial charge in [-0.2, -0.15) is 0 Å². The van der Waals surface area contributed by atoms with E-state index in [-0.39, 0.29) is 5.97 Å². The van der Waals surface area contributed by atoms with E-state index in [0.29, 0.717) is 13.2 Å². The number of benzene rings is 1. The van der Waals surface area contributed by atoms with Crippen LogP contribution in [0, 0.1) is 0 Å². The largest absolute Gasteiger partial charge is 0.468 e. The molecule has 0 aliphatic carbocycles. The summed E-state index contributed by atoms with van der Waals surface area (Å²) < 4.78 is 9.77. The lowest BCUT2D eigenvalue weighted by Crippen LogP contribution is -2.31. The van der Waals surface area contributed by atoms with Gasteiger partial charge in [-0.1, -0.05) is 12.1 Å². The molecule has 0 bridgehead atoms. The Labute approximate surface area is 112 Å². The van der Waals surface area contributed by atoms with E-state index >= 15 is 0 Å². The second-order valence-electron chi connectivity index (χ2n) is 3.68. The normalized spacial score (nSPS) is 12.2. The standard InChI is InChI=1S/C13H19NO3S/c1-16-9-8-14-12(13(15)17-2)10-4-6-11(18-3)7-5-10/h4-7,12,14H,8-9H2,1-3H3. The third-order valence-electron chi connectivity index (χ3n) is 2.54. The molecule has 0 saturated heterocycles. The van der Waals surface area contributed by atoms with Crippen LogP contribution in [-0.4, -0.2) is 39.6 Å². The topological polar surface area (TPSA) is 47.6 Å². The molecule has 0 fully saturated rings. The van der Waals surface area contributed by atoms with Gasteiger partial charge < -0.3 is 9.47 Å². The highest BCUT2D eigenvalue weighted by Gasteiger charge is 2.20. The first kappa shape index (κ1) is 15.0. The Bertz CT molecular complexity index is 367. The monoisotopic (exact) mass is 269 g/mol. The fourth-order valence-electron chi connectivity index (χ4n) is 1.56. The SMILES string of the molecule is COCCNC(C(=O)OC)c1ccc(SC)cc1. The molecule has 0 aliphatic heterocycles. The minimum absolute atomic E-state index is 0.289. The molecule has 0 radical (unpaired) electrons. The molecule has 5 heteroatoms. The second-order valence-corrected chi connectivity index (χ2v) is 4.56. The van der Waals surface area contributed by atoms with Crippen molar-refractivity contribution in [2.45, 2.75) is 10.9 Å². The van der Waals surface area contributed by atoms with E-state index in [1.165, 1.54) is 12.0 Å². The first-order chi connectivity index (χ1) is 8.72. The van der Waals surface area contributed by atoms with Crippen LogP contribution in [0.25, 0.3) is 0 Å². The molecule has 4 nitrogen and oxygen atoms in total. The van der Waals surface area contributed by atoms with Gasteiger partial charge in [0.1, 0.15) is 6.04 Å². The Hall–Kier alpha value is -1.04. The van der Waals surface area contributed by atoms with Gasteiger partial charge in [-0.25, -0.2) is 4.79 Å². The third kappa shape index (κ3) is 4.33. The van der Waals surface area contributed by atoms with Crippen molar-refractivity contribution in [3.8, 4) is 0 Å². The van der Waals surface area contributed by atoms with Gasteiger partial charge >= 0.3 is 5.97 Å². The van der Waals surface area contributed by atoms with Gasteiger partial charge in [-0.15, -0.1) is 11.8 Å². The third-order valence-corrected chi connectivity index (χ3v) is 3.28. The molecule has 1 aromatic carbocycles. The highest BCUT2D eigenvalue weighted by atomic mass is 32.2. The smallest absolute Gasteiger partial charge is 0.327 e. The van der Waals surface area contributed by atoms with Gasteiger partial charge in [-0.05, 0) is 24.0 Å². The van der Waals surface area contributed by atoms with Crippen molar-refractivity contribution in [3.05, 3.63) is 29.8 Å². The fraction of sp³-hybridized carbons (Fsp3) is 0.462. The Morgan fingerprint density at radius 1 is 1.33 bits per heavy atom. The number of rotatable bonds is 7. The van der Waals surface area contributed by atoms with Crippen molar-refractivity contribution in [1.82, 2.24) is 5.32 Å². The molecule has 0 heterocycles. The van der Waals surface area contributed by atoms with E-state index in [1.807, 2.05) is 30.5 Å². The van der Waals surface area contributed by atoms with Crippen LogP contribution in [0.5, 0.6) is 0 Å². The van der Waals surface area contributed by atoms with E-state index in [0.717, 1.165) is 5.56 Å². The lowest BCUT2D eigenvalue weighted by atomic mass is 10.1. The van der Waals surface area contributed by atoms with Crippen molar-refractivity contribution in [2.75, 3.05) is 33.6 Å². The Morgan fingerprint density at radius 2 is 2.00 bits per heavy atom. The molecular formula is C13H19NO3S. The van der Waals surface area contributed by atoms with Crippen LogP contribution in [0.15, 0.2) is 29.2 Å². The Morgan fingerprint density at radius 3 is 2.50 bits per heavy atom. The quantitative estimate of drug-likeness (QED) is 0.465. The second kappa shape index (κ2) is 8.13. The molecule has 0 aliphatic rings. The van der Waals surface area contributed by atoms with Crippen molar-refractivity contribution in [1.29, 1.82) is 0 Å². The summed E-state index contributed by atoms with van der Waals surface area (Å²) in [6.45, 7) is 1.15. The zero-order valence-electron chi connectivity index (χ0n) is 10.9. The van der Waals surface area contributed by atoms with Gasteiger partial charge in [0.25, 0.3) is 0 Å². The summed E-state index contributed by atoms with van der Waals surface area (Å²) in [4.78, 5) is 12.9. The number of thioether (sulfide) groups is 1. The number of ether oxygens (including phenoxy) is 2. The number of hydrogen-bond acceptors (Lipinski definition) is 5. The number of nitrogens with one attached hydrogen (secondary N) is 1. The minimum Gasteiger partial charge on any atom is -0.468 e. The predicted octanol–water partition coefficient (Wildman–Crippen LogP) is 1.86. The van der Waals surface area contributed by atoms with Crippen LogP contribution < -0.4 is 5.32 Å². The average molecular weight is 269 g/mol. The summed E-state index contributed by atoms with van der Waals surface area (Å²) in [5.41, 5.74) is 0.899. The molecule has 0 aromatic heterocycles. The Balaban J connectivity index is 2.76. The zero-order valence-corrected chi connectivity index (χ0v) is 11.8. The van der Waals surface area contributed by atoms with Crippen LogP contribution in [-0.2, 0) is 14.3 Å². The molecule has 100 valence electrons. The Kier molecular flexibility index (Phi) is 6.78. The molecule has 1 aromatic rings. The highest BCUT2D eigenvalue weighted by molar-refractivity contribution is 7.98. The van der Waals surface area contributed by atoms with E-state index in [9.17, 15) is 4.79 Å².